The van der Waals surface area contributed by atoms with Gasteiger partial charge in [-0.15, -0.1) is 11.8 Å². The van der Waals surface area contributed by atoms with Crippen LogP contribution in [0.2, 0.25) is 0 Å². The zero-order valence-corrected chi connectivity index (χ0v) is 16.9. The predicted octanol–water partition coefficient (Wildman–Crippen LogP) is 2.43. The first-order chi connectivity index (χ1) is 14.2. The van der Waals surface area contributed by atoms with Gasteiger partial charge in [-0.05, 0) is 17.7 Å². The van der Waals surface area contributed by atoms with E-state index in [9.17, 15) is 10.1 Å². The van der Waals surface area contributed by atoms with E-state index in [0.29, 0.717) is 32.3 Å². The zero-order valence-electron chi connectivity index (χ0n) is 16.1. The highest BCUT2D eigenvalue weighted by Crippen LogP contribution is 2.15. The Hall–Kier alpha value is -2.62. The molecule has 0 aliphatic heterocycles. The molecule has 8 nitrogen and oxygen atoms in total. The van der Waals surface area contributed by atoms with Gasteiger partial charge in [0.1, 0.15) is 0 Å². The fraction of sp³-hybridized carbons (Fsp3) is 0.350. The Balaban J connectivity index is 1.84. The average Bonchev–Trinajstić information content (AvgIpc) is 2.75. The quantitative estimate of drug-likeness (QED) is 0.121. The number of nitro benzene ring substituents is 1. The van der Waals surface area contributed by atoms with Gasteiger partial charge in [0, 0.05) is 35.9 Å². The average molecular weight is 419 g/mol. The van der Waals surface area contributed by atoms with Crippen LogP contribution in [0.15, 0.2) is 64.5 Å². The lowest BCUT2D eigenvalue weighted by Gasteiger charge is -2.13. The zero-order chi connectivity index (χ0) is 20.7. The Kier molecular flexibility index (Phi) is 10.6. The van der Waals surface area contributed by atoms with Crippen LogP contribution >= 0.6 is 11.8 Å². The molecule has 2 rings (SSSR count). The number of nitro groups is 1. The third-order valence-corrected chi connectivity index (χ3v) is 4.76. The van der Waals surface area contributed by atoms with E-state index in [0.717, 1.165) is 17.9 Å². The largest absolute Gasteiger partial charge is 0.394 e. The molecule has 0 unspecified atom stereocenters. The van der Waals surface area contributed by atoms with Crippen LogP contribution in [-0.2, 0) is 11.3 Å². The van der Waals surface area contributed by atoms with Crippen molar-refractivity contribution in [1.82, 2.24) is 10.6 Å². The van der Waals surface area contributed by atoms with E-state index >= 15 is 0 Å². The monoisotopic (exact) mass is 418 g/mol. The number of rotatable bonds is 12. The molecule has 0 amide bonds. The smallest absolute Gasteiger partial charge is 0.269 e. The van der Waals surface area contributed by atoms with Crippen molar-refractivity contribution in [2.75, 3.05) is 38.7 Å². The fourth-order valence-electron chi connectivity index (χ4n) is 2.33. The first-order valence-electron chi connectivity index (χ1n) is 9.31. The Bertz CT molecular complexity index is 757. The van der Waals surface area contributed by atoms with Crippen LogP contribution in [0.4, 0.5) is 5.69 Å². The number of ether oxygens (including phenoxy) is 1. The van der Waals surface area contributed by atoms with Crippen molar-refractivity contribution in [1.29, 1.82) is 0 Å². The number of benzene rings is 2. The maximum absolute atomic E-state index is 10.7. The summed E-state index contributed by atoms with van der Waals surface area (Å²) in [5, 5.41) is 26.0. The molecule has 0 heterocycles. The summed E-state index contributed by atoms with van der Waals surface area (Å²) in [6.07, 6.45) is 0. The molecule has 9 heteroatoms. The van der Waals surface area contributed by atoms with Crippen molar-refractivity contribution in [3.05, 3.63) is 70.3 Å². The summed E-state index contributed by atoms with van der Waals surface area (Å²) < 4.78 is 5.25. The molecular formula is C20H26N4O4S. The van der Waals surface area contributed by atoms with Crippen LogP contribution in [0.5, 0.6) is 0 Å². The van der Waals surface area contributed by atoms with Gasteiger partial charge < -0.3 is 20.5 Å². The van der Waals surface area contributed by atoms with Gasteiger partial charge in [-0.3, -0.25) is 10.1 Å². The van der Waals surface area contributed by atoms with Crippen LogP contribution in [-0.4, -0.2) is 54.7 Å². The second-order valence-corrected chi connectivity index (χ2v) is 7.11. The lowest BCUT2D eigenvalue weighted by molar-refractivity contribution is -0.384. The van der Waals surface area contributed by atoms with Crippen LogP contribution < -0.4 is 10.6 Å². The number of hydrogen-bond donors (Lipinski definition) is 3. The Morgan fingerprint density at radius 2 is 1.79 bits per heavy atom. The number of thioether (sulfide) groups is 1. The number of aliphatic hydroxyl groups is 1. The Morgan fingerprint density at radius 1 is 1.07 bits per heavy atom. The topological polar surface area (TPSA) is 109 Å². The van der Waals surface area contributed by atoms with Crippen molar-refractivity contribution in [2.45, 2.75) is 11.4 Å². The summed E-state index contributed by atoms with van der Waals surface area (Å²) in [5.74, 6) is 1.52. The summed E-state index contributed by atoms with van der Waals surface area (Å²) >= 11 is 1.75. The third kappa shape index (κ3) is 9.42. The highest BCUT2D eigenvalue weighted by atomic mass is 32.2. The van der Waals surface area contributed by atoms with E-state index in [1.165, 1.54) is 17.0 Å². The van der Waals surface area contributed by atoms with Gasteiger partial charge in [0.2, 0.25) is 0 Å². The number of aliphatic imine (C=N–C) groups is 1. The van der Waals surface area contributed by atoms with Crippen molar-refractivity contribution in [3.63, 3.8) is 0 Å². The second-order valence-electron chi connectivity index (χ2n) is 5.94. The van der Waals surface area contributed by atoms with Gasteiger partial charge in [0.15, 0.2) is 5.96 Å². The molecule has 156 valence electrons. The summed E-state index contributed by atoms with van der Waals surface area (Å²) in [7, 11) is 0. The number of nitrogens with zero attached hydrogens (tertiary/aromatic N) is 2. The summed E-state index contributed by atoms with van der Waals surface area (Å²) in [6.45, 7) is 2.43. The number of nitrogens with one attached hydrogen (secondary N) is 2. The molecule has 0 aromatic heterocycles. The molecule has 0 fully saturated rings. The third-order valence-electron chi connectivity index (χ3n) is 3.75. The second kappa shape index (κ2) is 13.5. The molecule has 0 atom stereocenters. The summed E-state index contributed by atoms with van der Waals surface area (Å²) in [4.78, 5) is 16.1. The minimum atomic E-state index is -0.418. The molecule has 2 aromatic carbocycles. The first kappa shape index (κ1) is 22.7. The molecule has 2 aromatic rings. The summed E-state index contributed by atoms with van der Waals surface area (Å²) in [5.41, 5.74) is 0.945. The number of guanidine groups is 1. The predicted molar refractivity (Wildman–Crippen MR) is 115 cm³/mol. The standard InChI is InChI=1S/C20H26N4O4S/c25-12-14-28-13-10-21-20(22-11-15-29-19-4-2-1-3-5-19)23-16-17-6-8-18(9-7-17)24(26)27/h1-9,25H,10-16H2,(H2,21,22,23). The number of hydrogen-bond acceptors (Lipinski definition) is 6. The molecule has 0 saturated carbocycles. The van der Waals surface area contributed by atoms with Crippen molar-refractivity contribution >= 4 is 23.4 Å². The van der Waals surface area contributed by atoms with Crippen molar-refractivity contribution in [3.8, 4) is 0 Å². The van der Waals surface area contributed by atoms with Crippen molar-refractivity contribution in [2.24, 2.45) is 4.99 Å². The lowest BCUT2D eigenvalue weighted by Crippen LogP contribution is -2.40. The molecule has 29 heavy (non-hydrogen) atoms. The SMILES string of the molecule is O=[N+]([O-])c1ccc(CN=C(NCCOCCO)NCCSc2ccccc2)cc1. The van der Waals surface area contributed by atoms with E-state index in [2.05, 4.69) is 27.8 Å². The van der Waals surface area contributed by atoms with Gasteiger partial charge in [0.05, 0.1) is 31.3 Å². The summed E-state index contributed by atoms with van der Waals surface area (Å²) in [6, 6.07) is 16.5. The first-order valence-corrected chi connectivity index (χ1v) is 10.3. The van der Waals surface area contributed by atoms with E-state index in [-0.39, 0.29) is 12.3 Å². The number of non-ortho nitro benzene ring substituents is 1. The van der Waals surface area contributed by atoms with Crippen LogP contribution in [0.1, 0.15) is 5.56 Å². The molecule has 0 radical (unpaired) electrons. The van der Waals surface area contributed by atoms with Gasteiger partial charge in [-0.1, -0.05) is 30.3 Å². The number of aliphatic hydroxyl groups excluding tert-OH is 1. The van der Waals surface area contributed by atoms with Gasteiger partial charge in [-0.2, -0.15) is 0 Å². The van der Waals surface area contributed by atoms with Gasteiger partial charge in [0.25, 0.3) is 5.69 Å². The molecule has 0 aliphatic rings. The van der Waals surface area contributed by atoms with Gasteiger partial charge in [-0.25, -0.2) is 4.99 Å². The lowest BCUT2D eigenvalue weighted by atomic mass is 10.2. The normalized spacial score (nSPS) is 11.3. The highest BCUT2D eigenvalue weighted by molar-refractivity contribution is 7.99. The van der Waals surface area contributed by atoms with E-state index < -0.39 is 4.92 Å². The van der Waals surface area contributed by atoms with E-state index in [1.807, 2.05) is 18.2 Å². The van der Waals surface area contributed by atoms with E-state index in [1.54, 1.807) is 23.9 Å². The molecule has 0 bridgehead atoms. The maximum Gasteiger partial charge on any atom is 0.269 e. The van der Waals surface area contributed by atoms with E-state index in [4.69, 9.17) is 9.84 Å². The highest BCUT2D eigenvalue weighted by Gasteiger charge is 2.04. The Morgan fingerprint density at radius 3 is 2.48 bits per heavy atom. The molecule has 0 aliphatic carbocycles. The fourth-order valence-corrected chi connectivity index (χ4v) is 3.12. The van der Waals surface area contributed by atoms with Crippen LogP contribution in [0.3, 0.4) is 0 Å². The minimum absolute atomic E-state index is 0.00392. The molecule has 0 saturated heterocycles. The van der Waals surface area contributed by atoms with Gasteiger partial charge >= 0.3 is 0 Å². The van der Waals surface area contributed by atoms with Crippen molar-refractivity contribution < 1.29 is 14.8 Å². The molecule has 3 N–H and O–H groups in total. The maximum atomic E-state index is 10.7. The molecular weight excluding hydrogens is 392 g/mol. The Labute approximate surface area is 174 Å². The van der Waals surface area contributed by atoms with Crippen LogP contribution in [0, 0.1) is 10.1 Å². The minimum Gasteiger partial charge on any atom is -0.394 e. The molecule has 0 spiro atoms. The van der Waals surface area contributed by atoms with Crippen LogP contribution in [0.25, 0.3) is 0 Å².